The lowest BCUT2D eigenvalue weighted by atomic mass is 10.4. The second-order valence-corrected chi connectivity index (χ2v) is 2.21. The first kappa shape index (κ1) is 8.66. The minimum atomic E-state index is 1.00. The smallest absolute Gasteiger partial charge is 0.0319 e. The average molecular weight is 189 g/mol. The van der Waals surface area contributed by atoms with E-state index < -0.39 is 0 Å². The van der Waals surface area contributed by atoms with Crippen LogP contribution >= 0.6 is 15.9 Å². The molecule has 0 saturated heterocycles. The SMILES string of the molecule is Brc1ccccc1.CO. The van der Waals surface area contributed by atoms with Crippen LogP contribution in [0.15, 0.2) is 34.8 Å². The van der Waals surface area contributed by atoms with Crippen molar-refractivity contribution < 1.29 is 5.11 Å². The van der Waals surface area contributed by atoms with Crippen LogP contribution in [0.25, 0.3) is 0 Å². The lowest BCUT2D eigenvalue weighted by molar-refractivity contribution is 0.399. The summed E-state index contributed by atoms with van der Waals surface area (Å²) in [4.78, 5) is 0. The van der Waals surface area contributed by atoms with Gasteiger partial charge in [-0.2, -0.15) is 0 Å². The van der Waals surface area contributed by atoms with Crippen LogP contribution in [0.2, 0.25) is 0 Å². The van der Waals surface area contributed by atoms with Crippen LogP contribution in [-0.2, 0) is 0 Å². The van der Waals surface area contributed by atoms with Crippen molar-refractivity contribution >= 4 is 15.9 Å². The molecule has 0 aliphatic rings. The maximum absolute atomic E-state index is 7.00. The van der Waals surface area contributed by atoms with Crippen molar-refractivity contribution in [3.8, 4) is 0 Å². The molecule has 1 N–H and O–H groups in total. The van der Waals surface area contributed by atoms with Gasteiger partial charge in [-0.05, 0) is 12.1 Å². The van der Waals surface area contributed by atoms with E-state index in [1.54, 1.807) is 0 Å². The molecule has 1 aromatic rings. The molecule has 0 aliphatic carbocycles. The Kier molecular flexibility index (Phi) is 5.57. The number of hydrogen-bond acceptors (Lipinski definition) is 1. The number of benzene rings is 1. The zero-order valence-electron chi connectivity index (χ0n) is 5.21. The van der Waals surface area contributed by atoms with Crippen LogP contribution in [0.3, 0.4) is 0 Å². The molecule has 0 spiro atoms. The second-order valence-electron chi connectivity index (χ2n) is 1.30. The standard InChI is InChI=1S/C6H5Br.CH4O/c7-6-4-2-1-3-5-6;1-2/h1-5H;2H,1H3. The fraction of sp³-hybridized carbons (Fsp3) is 0.143. The van der Waals surface area contributed by atoms with Crippen molar-refractivity contribution in [3.63, 3.8) is 0 Å². The third kappa shape index (κ3) is 4.18. The van der Waals surface area contributed by atoms with Gasteiger partial charge in [-0.3, -0.25) is 0 Å². The van der Waals surface area contributed by atoms with Crippen LogP contribution in [-0.4, -0.2) is 12.2 Å². The summed E-state index contributed by atoms with van der Waals surface area (Å²) in [6.07, 6.45) is 0. The van der Waals surface area contributed by atoms with Gasteiger partial charge >= 0.3 is 0 Å². The van der Waals surface area contributed by atoms with Crippen LogP contribution in [0.4, 0.5) is 0 Å². The van der Waals surface area contributed by atoms with E-state index in [2.05, 4.69) is 15.9 Å². The quantitative estimate of drug-likeness (QED) is 0.662. The van der Waals surface area contributed by atoms with Crippen LogP contribution < -0.4 is 0 Å². The molecule has 0 unspecified atom stereocenters. The summed E-state index contributed by atoms with van der Waals surface area (Å²) in [6, 6.07) is 9.97. The first-order valence-electron chi connectivity index (χ1n) is 2.55. The molecule has 0 aliphatic heterocycles. The fourth-order valence-corrected chi connectivity index (χ4v) is 0.720. The molecule has 0 fully saturated rings. The molecule has 9 heavy (non-hydrogen) atoms. The maximum Gasteiger partial charge on any atom is 0.0319 e. The lowest BCUT2D eigenvalue weighted by Gasteiger charge is -1.80. The molecule has 1 nitrogen and oxygen atoms in total. The zero-order valence-corrected chi connectivity index (χ0v) is 6.80. The predicted octanol–water partition coefficient (Wildman–Crippen LogP) is 2.06. The van der Waals surface area contributed by atoms with Crippen molar-refractivity contribution in [2.24, 2.45) is 0 Å². The van der Waals surface area contributed by atoms with Crippen LogP contribution in [0.1, 0.15) is 0 Å². The van der Waals surface area contributed by atoms with E-state index in [4.69, 9.17) is 5.11 Å². The fourth-order valence-electron chi connectivity index (χ4n) is 0.415. The Balaban J connectivity index is 0.000000291. The molecule has 0 bridgehead atoms. The number of hydrogen-bond donors (Lipinski definition) is 1. The molecule has 0 heterocycles. The van der Waals surface area contributed by atoms with Crippen molar-refractivity contribution in [2.75, 3.05) is 7.11 Å². The predicted molar refractivity (Wildman–Crippen MR) is 42.3 cm³/mol. The normalized spacial score (nSPS) is 7.44. The van der Waals surface area contributed by atoms with Crippen molar-refractivity contribution in [1.29, 1.82) is 0 Å². The first-order chi connectivity index (χ1) is 4.39. The molecule has 0 amide bonds. The number of halogens is 1. The van der Waals surface area contributed by atoms with Crippen LogP contribution in [0, 0.1) is 0 Å². The first-order valence-corrected chi connectivity index (χ1v) is 3.34. The highest BCUT2D eigenvalue weighted by Gasteiger charge is 1.74. The van der Waals surface area contributed by atoms with Gasteiger partial charge in [-0.1, -0.05) is 34.1 Å². The third-order valence-electron chi connectivity index (χ3n) is 0.733. The van der Waals surface area contributed by atoms with Crippen molar-refractivity contribution in [1.82, 2.24) is 0 Å². The molecule has 0 radical (unpaired) electrons. The molecule has 1 aromatic carbocycles. The summed E-state index contributed by atoms with van der Waals surface area (Å²) in [5.74, 6) is 0. The van der Waals surface area contributed by atoms with Crippen molar-refractivity contribution in [3.05, 3.63) is 34.8 Å². The molecular formula is C7H9BrO. The Labute approximate surface area is 63.5 Å². The van der Waals surface area contributed by atoms with Gasteiger partial charge in [0.2, 0.25) is 0 Å². The Morgan fingerprint density at radius 2 is 1.56 bits per heavy atom. The van der Waals surface area contributed by atoms with E-state index in [1.807, 2.05) is 30.3 Å². The highest BCUT2D eigenvalue weighted by atomic mass is 79.9. The topological polar surface area (TPSA) is 20.2 Å². The minimum absolute atomic E-state index is 1.00. The summed E-state index contributed by atoms with van der Waals surface area (Å²) in [7, 11) is 1.00. The Hall–Kier alpha value is -0.340. The number of aliphatic hydroxyl groups is 1. The molecule has 50 valence electrons. The minimum Gasteiger partial charge on any atom is -0.400 e. The summed E-state index contributed by atoms with van der Waals surface area (Å²) in [6.45, 7) is 0. The van der Waals surface area contributed by atoms with Gasteiger partial charge in [-0.15, -0.1) is 0 Å². The van der Waals surface area contributed by atoms with Gasteiger partial charge in [0.15, 0.2) is 0 Å². The highest BCUT2D eigenvalue weighted by Crippen LogP contribution is 2.05. The van der Waals surface area contributed by atoms with Crippen LogP contribution in [0.5, 0.6) is 0 Å². The van der Waals surface area contributed by atoms with Gasteiger partial charge in [0.05, 0.1) is 0 Å². The van der Waals surface area contributed by atoms with Crippen molar-refractivity contribution in [2.45, 2.75) is 0 Å². The summed E-state index contributed by atoms with van der Waals surface area (Å²) in [5.41, 5.74) is 0. The van der Waals surface area contributed by atoms with E-state index in [9.17, 15) is 0 Å². The monoisotopic (exact) mass is 188 g/mol. The molecule has 1 rings (SSSR count). The molecular weight excluding hydrogens is 180 g/mol. The second kappa shape index (κ2) is 5.79. The van der Waals surface area contributed by atoms with Gasteiger partial charge in [0, 0.05) is 11.6 Å². The highest BCUT2D eigenvalue weighted by molar-refractivity contribution is 9.10. The Morgan fingerprint density at radius 3 is 1.78 bits per heavy atom. The number of rotatable bonds is 0. The Morgan fingerprint density at radius 1 is 1.11 bits per heavy atom. The average Bonchev–Trinajstić information content (AvgIpc) is 1.94. The molecule has 0 atom stereocenters. The van der Waals surface area contributed by atoms with Gasteiger partial charge in [0.25, 0.3) is 0 Å². The zero-order chi connectivity index (χ0) is 7.11. The summed E-state index contributed by atoms with van der Waals surface area (Å²) >= 11 is 3.31. The summed E-state index contributed by atoms with van der Waals surface area (Å²) in [5, 5.41) is 7.00. The Bertz CT molecular complexity index is 139. The van der Waals surface area contributed by atoms with E-state index in [1.165, 1.54) is 0 Å². The van der Waals surface area contributed by atoms with E-state index in [0.717, 1.165) is 11.6 Å². The summed E-state index contributed by atoms with van der Waals surface area (Å²) < 4.78 is 1.13. The number of aliphatic hydroxyl groups excluding tert-OH is 1. The van der Waals surface area contributed by atoms with Gasteiger partial charge in [0.1, 0.15) is 0 Å². The molecule has 0 saturated carbocycles. The lowest BCUT2D eigenvalue weighted by Crippen LogP contribution is -1.55. The van der Waals surface area contributed by atoms with Gasteiger partial charge in [-0.25, -0.2) is 0 Å². The largest absolute Gasteiger partial charge is 0.400 e. The maximum atomic E-state index is 7.00. The third-order valence-corrected chi connectivity index (χ3v) is 1.26. The van der Waals surface area contributed by atoms with E-state index in [0.29, 0.717) is 0 Å². The molecule has 2 heteroatoms. The van der Waals surface area contributed by atoms with Gasteiger partial charge < -0.3 is 5.11 Å². The molecule has 0 aromatic heterocycles. The van der Waals surface area contributed by atoms with E-state index in [-0.39, 0.29) is 0 Å². The van der Waals surface area contributed by atoms with E-state index >= 15 is 0 Å².